The number of hydrogen-bond acceptors (Lipinski definition) is 3. The lowest BCUT2D eigenvalue weighted by Crippen LogP contribution is -2.20. The first-order valence-corrected chi connectivity index (χ1v) is 3.45. The zero-order valence-corrected chi connectivity index (χ0v) is 6.55. The zero-order chi connectivity index (χ0) is 8.15. The van der Waals surface area contributed by atoms with E-state index in [2.05, 4.69) is 26.1 Å². The highest BCUT2D eigenvalue weighted by Gasteiger charge is 2.12. The Morgan fingerprint density at radius 3 is 2.60 bits per heavy atom. The van der Waals surface area contributed by atoms with E-state index in [0.29, 0.717) is 0 Å². The normalized spacial score (nSPS) is 15.9. The molecule has 0 amide bonds. The van der Waals surface area contributed by atoms with Gasteiger partial charge in [-0.3, -0.25) is 4.79 Å². The van der Waals surface area contributed by atoms with Crippen LogP contribution in [-0.2, 0) is 4.79 Å². The smallest absolute Gasteiger partial charge is 0.183 e. The van der Waals surface area contributed by atoms with E-state index in [-0.39, 0.29) is 17.5 Å². The van der Waals surface area contributed by atoms with Crippen LogP contribution in [0.1, 0.15) is 6.42 Å². The van der Waals surface area contributed by atoms with E-state index in [0.717, 1.165) is 6.08 Å². The number of ketones is 1. The number of rotatable bonds is 4. The molecule has 0 aromatic rings. The minimum absolute atomic E-state index is 0.209. The highest BCUT2D eigenvalue weighted by Crippen LogP contribution is 2.04. The predicted octanol–water partition coefficient (Wildman–Crippen LogP) is 0.625. The number of thiol groups is 1. The maximum absolute atomic E-state index is 10.6. The molecule has 0 aromatic heterocycles. The molecule has 0 saturated carbocycles. The topological polar surface area (TPSA) is 37.3 Å². The average molecular weight is 159 g/mol. The first-order chi connectivity index (χ1) is 4.57. The molecule has 0 aliphatic rings. The second-order valence-corrected chi connectivity index (χ2v) is 2.74. The third-order valence-electron chi connectivity index (χ3n) is 1.02. The molecular weight excluding hydrogens is 148 g/mol. The first-order valence-electron chi connectivity index (χ1n) is 2.93. The van der Waals surface area contributed by atoms with E-state index in [9.17, 15) is 4.79 Å². The van der Waals surface area contributed by atoms with Crippen LogP contribution >= 0.6 is 12.6 Å². The summed E-state index contributed by atoms with van der Waals surface area (Å²) in [7, 11) is 0. The van der Waals surface area contributed by atoms with Gasteiger partial charge in [-0.1, -0.05) is 6.58 Å². The van der Waals surface area contributed by atoms with Gasteiger partial charge in [-0.2, -0.15) is 12.6 Å². The lowest BCUT2D eigenvalue weighted by Gasteiger charge is -2.07. The third kappa shape index (κ3) is 3.69. The maximum atomic E-state index is 10.6. The van der Waals surface area contributed by atoms with Crippen LogP contribution in [0.3, 0.4) is 0 Å². The molecule has 1 radical (unpaired) electrons. The molecule has 0 spiro atoms. The van der Waals surface area contributed by atoms with Crippen LogP contribution < -0.4 is 0 Å². The summed E-state index contributed by atoms with van der Waals surface area (Å²) in [6, 6.07) is 0. The van der Waals surface area contributed by atoms with Gasteiger partial charge in [0.2, 0.25) is 0 Å². The fourth-order valence-electron chi connectivity index (χ4n) is 0.510. The first kappa shape index (κ1) is 9.72. The van der Waals surface area contributed by atoms with Gasteiger partial charge in [0.1, 0.15) is 6.10 Å². The highest BCUT2D eigenvalue weighted by molar-refractivity contribution is 7.81. The van der Waals surface area contributed by atoms with Crippen LogP contribution in [0.4, 0.5) is 0 Å². The van der Waals surface area contributed by atoms with Crippen LogP contribution in [0.15, 0.2) is 12.7 Å². The average Bonchev–Trinajstić information content (AvgIpc) is 1.85. The zero-order valence-electron chi connectivity index (χ0n) is 5.66. The molecule has 1 N–H and O–H groups in total. The van der Waals surface area contributed by atoms with Crippen molar-refractivity contribution in [3.63, 3.8) is 0 Å². The fraction of sp³-hybridized carbons (Fsp3) is 0.429. The van der Waals surface area contributed by atoms with Crippen LogP contribution in [0.2, 0.25) is 0 Å². The Morgan fingerprint density at radius 2 is 2.30 bits per heavy atom. The second-order valence-electron chi connectivity index (χ2n) is 2.01. The summed E-state index contributed by atoms with van der Waals surface area (Å²) in [5.41, 5.74) is 0. The van der Waals surface area contributed by atoms with Gasteiger partial charge in [0, 0.05) is 5.25 Å². The van der Waals surface area contributed by atoms with Crippen molar-refractivity contribution in [2.45, 2.75) is 17.8 Å². The fourth-order valence-corrected chi connectivity index (χ4v) is 0.710. The summed E-state index contributed by atoms with van der Waals surface area (Å²) >= 11 is 3.91. The maximum Gasteiger partial charge on any atom is 0.183 e. The number of hydrogen-bond donors (Lipinski definition) is 2. The summed E-state index contributed by atoms with van der Waals surface area (Å²) in [5, 5.41) is 8.77. The molecule has 0 bridgehead atoms. The van der Waals surface area contributed by atoms with Crippen LogP contribution in [0, 0.1) is 6.92 Å². The van der Waals surface area contributed by atoms with Crippen molar-refractivity contribution >= 4 is 18.4 Å². The second kappa shape index (κ2) is 4.52. The van der Waals surface area contributed by atoms with Crippen molar-refractivity contribution in [3.05, 3.63) is 19.6 Å². The van der Waals surface area contributed by atoms with Crippen LogP contribution in [-0.4, -0.2) is 22.2 Å². The van der Waals surface area contributed by atoms with Gasteiger partial charge in [0.15, 0.2) is 5.78 Å². The van der Waals surface area contributed by atoms with Gasteiger partial charge in [-0.15, -0.1) is 0 Å². The third-order valence-corrected chi connectivity index (χ3v) is 1.24. The van der Waals surface area contributed by atoms with E-state index in [1.165, 1.54) is 0 Å². The minimum Gasteiger partial charge on any atom is -0.385 e. The van der Waals surface area contributed by atoms with Gasteiger partial charge in [-0.05, 0) is 19.4 Å². The standard InChI is InChI=1S/C7H11O2S/c1-3-6(8)7(9)4-5(2)10/h3,5,7,9-10H,1-2,4H2. The quantitative estimate of drug-likeness (QED) is 0.466. The summed E-state index contributed by atoms with van der Waals surface area (Å²) in [5.74, 6) is -0.372. The molecule has 10 heavy (non-hydrogen) atoms. The largest absolute Gasteiger partial charge is 0.385 e. The SMILES string of the molecule is [CH2]C(S)CC(O)C(=O)C=C. The van der Waals surface area contributed by atoms with Crippen molar-refractivity contribution in [2.75, 3.05) is 0 Å². The molecule has 2 atom stereocenters. The van der Waals surface area contributed by atoms with Crippen molar-refractivity contribution in [1.29, 1.82) is 0 Å². The molecule has 0 fully saturated rings. The van der Waals surface area contributed by atoms with Gasteiger partial charge >= 0.3 is 0 Å². The van der Waals surface area contributed by atoms with Gasteiger partial charge in [0.05, 0.1) is 0 Å². The summed E-state index contributed by atoms with van der Waals surface area (Å²) in [4.78, 5) is 10.6. The lowest BCUT2D eigenvalue weighted by molar-refractivity contribution is -0.122. The molecular formula is C7H11O2S. The Balaban J connectivity index is 3.72. The van der Waals surface area contributed by atoms with E-state index >= 15 is 0 Å². The van der Waals surface area contributed by atoms with Crippen molar-refractivity contribution < 1.29 is 9.90 Å². The van der Waals surface area contributed by atoms with Crippen LogP contribution in [0.5, 0.6) is 0 Å². The number of carbonyl (C=O) groups is 1. The summed E-state index contributed by atoms with van der Waals surface area (Å²) in [6.45, 7) is 6.75. The molecule has 0 aliphatic carbocycles. The monoisotopic (exact) mass is 159 g/mol. The molecule has 3 heteroatoms. The molecule has 2 nitrogen and oxygen atoms in total. The van der Waals surface area contributed by atoms with Crippen molar-refractivity contribution in [1.82, 2.24) is 0 Å². The molecule has 0 heterocycles. The number of aliphatic hydroxyl groups is 1. The predicted molar refractivity (Wildman–Crippen MR) is 44.0 cm³/mol. The van der Waals surface area contributed by atoms with Gasteiger partial charge < -0.3 is 5.11 Å². The molecule has 0 aliphatic heterocycles. The van der Waals surface area contributed by atoms with E-state index in [1.54, 1.807) is 0 Å². The van der Waals surface area contributed by atoms with E-state index < -0.39 is 6.10 Å². The highest BCUT2D eigenvalue weighted by atomic mass is 32.1. The van der Waals surface area contributed by atoms with Gasteiger partial charge in [0.25, 0.3) is 0 Å². The van der Waals surface area contributed by atoms with Crippen molar-refractivity contribution in [3.8, 4) is 0 Å². The van der Waals surface area contributed by atoms with Gasteiger partial charge in [-0.25, -0.2) is 0 Å². The Bertz CT molecular complexity index is 132. The minimum atomic E-state index is -0.988. The summed E-state index contributed by atoms with van der Waals surface area (Å²) in [6.07, 6.45) is 0.381. The molecule has 0 rings (SSSR count). The van der Waals surface area contributed by atoms with E-state index in [1.807, 2.05) is 0 Å². The van der Waals surface area contributed by atoms with Crippen LogP contribution in [0.25, 0.3) is 0 Å². The molecule has 0 aromatic carbocycles. The Kier molecular flexibility index (Phi) is 4.40. The Hall–Kier alpha value is -0.280. The Labute approximate surface area is 66.4 Å². The number of aliphatic hydroxyl groups excluding tert-OH is 1. The molecule has 57 valence electrons. The molecule has 2 unspecified atom stereocenters. The number of carbonyl (C=O) groups excluding carboxylic acids is 1. The van der Waals surface area contributed by atoms with Crippen molar-refractivity contribution in [2.24, 2.45) is 0 Å². The molecule has 0 saturated heterocycles. The Morgan fingerprint density at radius 1 is 1.80 bits per heavy atom. The summed E-state index contributed by atoms with van der Waals surface area (Å²) < 4.78 is 0. The lowest BCUT2D eigenvalue weighted by atomic mass is 10.1. The van der Waals surface area contributed by atoms with E-state index in [4.69, 9.17) is 5.11 Å².